The van der Waals surface area contributed by atoms with Crippen molar-refractivity contribution in [1.29, 1.82) is 0 Å². The van der Waals surface area contributed by atoms with Gasteiger partial charge < -0.3 is 14.8 Å². The zero-order chi connectivity index (χ0) is 21.1. The van der Waals surface area contributed by atoms with Crippen molar-refractivity contribution in [1.82, 2.24) is 14.6 Å². The van der Waals surface area contributed by atoms with E-state index in [9.17, 15) is 9.18 Å². The summed E-state index contributed by atoms with van der Waals surface area (Å²) in [5.41, 5.74) is 2.94. The number of nitrogens with zero attached hydrogens (tertiary/aromatic N) is 3. The molecule has 4 aromatic rings. The smallest absolute Gasteiger partial charge is 0.265 e. The summed E-state index contributed by atoms with van der Waals surface area (Å²) < 4.78 is 25.5. The van der Waals surface area contributed by atoms with E-state index >= 15 is 0 Å². The number of imidazole rings is 1. The van der Waals surface area contributed by atoms with Crippen molar-refractivity contribution in [2.24, 2.45) is 0 Å². The van der Waals surface area contributed by atoms with E-state index in [0.29, 0.717) is 23.0 Å². The molecule has 1 N–H and O–H groups in total. The predicted octanol–water partition coefficient (Wildman–Crippen LogP) is 3.95. The van der Waals surface area contributed by atoms with Gasteiger partial charge >= 0.3 is 0 Å². The number of rotatable bonds is 6. The first-order valence-electron chi connectivity index (χ1n) is 9.26. The molecule has 7 nitrogen and oxygen atoms in total. The van der Waals surface area contributed by atoms with Gasteiger partial charge in [0.2, 0.25) is 5.88 Å². The van der Waals surface area contributed by atoms with Crippen molar-refractivity contribution in [3.63, 3.8) is 0 Å². The van der Waals surface area contributed by atoms with Crippen LogP contribution in [0.3, 0.4) is 0 Å². The highest BCUT2D eigenvalue weighted by Crippen LogP contribution is 2.22. The molecule has 0 aliphatic carbocycles. The van der Waals surface area contributed by atoms with Crippen LogP contribution in [0.15, 0.2) is 66.9 Å². The third-order valence-electron chi connectivity index (χ3n) is 4.43. The van der Waals surface area contributed by atoms with Crippen molar-refractivity contribution in [2.75, 3.05) is 12.4 Å². The van der Waals surface area contributed by atoms with Gasteiger partial charge in [-0.15, -0.1) is 5.10 Å². The van der Waals surface area contributed by atoms with E-state index in [1.54, 1.807) is 49.0 Å². The molecular formula is C22H19FN4O3. The number of hydrogen-bond donors (Lipinski definition) is 1. The molecular weight excluding hydrogens is 387 g/mol. The molecule has 0 saturated heterocycles. The van der Waals surface area contributed by atoms with Gasteiger partial charge in [0.15, 0.2) is 11.8 Å². The second kappa shape index (κ2) is 8.20. The average molecular weight is 406 g/mol. The monoisotopic (exact) mass is 406 g/mol. The zero-order valence-corrected chi connectivity index (χ0v) is 16.4. The fourth-order valence-corrected chi connectivity index (χ4v) is 2.88. The van der Waals surface area contributed by atoms with E-state index in [2.05, 4.69) is 15.4 Å². The van der Waals surface area contributed by atoms with E-state index in [1.165, 1.54) is 18.2 Å². The lowest BCUT2D eigenvalue weighted by Crippen LogP contribution is -2.30. The SMILES string of the molecule is COc1ccc2nc(-c3ccc(NC(=O)[C@H](C)Oc4cccc(F)c4)cc3)cn2n1. The molecule has 1 atom stereocenters. The summed E-state index contributed by atoms with van der Waals surface area (Å²) in [4.78, 5) is 16.9. The van der Waals surface area contributed by atoms with Crippen molar-refractivity contribution in [3.05, 3.63) is 72.7 Å². The second-order valence-electron chi connectivity index (χ2n) is 6.59. The number of hydrogen-bond acceptors (Lipinski definition) is 5. The minimum absolute atomic E-state index is 0.296. The molecule has 0 radical (unpaired) electrons. The molecule has 0 aliphatic heterocycles. The van der Waals surface area contributed by atoms with Crippen LogP contribution in [0.2, 0.25) is 0 Å². The van der Waals surface area contributed by atoms with Gasteiger partial charge in [-0.05, 0) is 37.3 Å². The van der Waals surface area contributed by atoms with Crippen LogP contribution in [0.25, 0.3) is 16.9 Å². The Morgan fingerprint density at radius 2 is 1.93 bits per heavy atom. The Morgan fingerprint density at radius 3 is 2.67 bits per heavy atom. The highest BCUT2D eigenvalue weighted by Gasteiger charge is 2.15. The topological polar surface area (TPSA) is 77.8 Å². The first-order valence-corrected chi connectivity index (χ1v) is 9.26. The summed E-state index contributed by atoms with van der Waals surface area (Å²) in [7, 11) is 1.56. The maximum Gasteiger partial charge on any atom is 0.265 e. The van der Waals surface area contributed by atoms with Crippen molar-refractivity contribution >= 4 is 17.2 Å². The van der Waals surface area contributed by atoms with E-state index in [0.717, 1.165) is 11.3 Å². The molecule has 0 spiro atoms. The summed E-state index contributed by atoms with van der Waals surface area (Å²) in [6.07, 6.45) is 1.02. The number of carbonyl (C=O) groups excluding carboxylic acids is 1. The van der Waals surface area contributed by atoms with Gasteiger partial charge in [-0.3, -0.25) is 4.79 Å². The number of fused-ring (bicyclic) bond motifs is 1. The average Bonchev–Trinajstić information content (AvgIpc) is 3.17. The van der Waals surface area contributed by atoms with Crippen LogP contribution in [0.5, 0.6) is 11.6 Å². The molecule has 8 heteroatoms. The molecule has 2 aromatic carbocycles. The summed E-state index contributed by atoms with van der Waals surface area (Å²) in [5.74, 6) is 0.0384. The van der Waals surface area contributed by atoms with E-state index in [1.807, 2.05) is 18.2 Å². The van der Waals surface area contributed by atoms with Crippen LogP contribution >= 0.6 is 0 Å². The second-order valence-corrected chi connectivity index (χ2v) is 6.59. The fourth-order valence-electron chi connectivity index (χ4n) is 2.88. The van der Waals surface area contributed by atoms with E-state index in [4.69, 9.17) is 9.47 Å². The van der Waals surface area contributed by atoms with Crippen molar-refractivity contribution in [2.45, 2.75) is 13.0 Å². The van der Waals surface area contributed by atoms with Gasteiger partial charge in [0, 0.05) is 23.4 Å². The number of amides is 1. The van der Waals surface area contributed by atoms with Crippen LogP contribution in [0, 0.1) is 5.82 Å². The number of benzene rings is 2. The molecule has 0 bridgehead atoms. The molecule has 2 heterocycles. The van der Waals surface area contributed by atoms with Crippen LogP contribution in [-0.2, 0) is 4.79 Å². The summed E-state index contributed by atoms with van der Waals surface area (Å²) in [5, 5.41) is 7.08. The largest absolute Gasteiger partial charge is 0.481 e. The van der Waals surface area contributed by atoms with Gasteiger partial charge in [-0.1, -0.05) is 18.2 Å². The number of carbonyl (C=O) groups is 1. The number of ether oxygens (including phenoxy) is 2. The predicted molar refractivity (Wildman–Crippen MR) is 110 cm³/mol. The third-order valence-corrected chi connectivity index (χ3v) is 4.43. The lowest BCUT2D eigenvalue weighted by atomic mass is 10.1. The first kappa shape index (κ1) is 19.4. The number of anilines is 1. The van der Waals surface area contributed by atoms with Crippen molar-refractivity contribution in [3.8, 4) is 22.9 Å². The minimum Gasteiger partial charge on any atom is -0.481 e. The van der Waals surface area contributed by atoms with Gasteiger partial charge in [0.25, 0.3) is 5.91 Å². The molecule has 0 aliphatic rings. The minimum atomic E-state index is -0.786. The Labute approximate surface area is 172 Å². The molecule has 0 saturated carbocycles. The van der Waals surface area contributed by atoms with Crippen LogP contribution in [-0.4, -0.2) is 33.7 Å². The highest BCUT2D eigenvalue weighted by atomic mass is 19.1. The Morgan fingerprint density at radius 1 is 1.13 bits per heavy atom. The maximum absolute atomic E-state index is 13.3. The number of halogens is 1. The molecule has 4 rings (SSSR count). The zero-order valence-electron chi connectivity index (χ0n) is 16.4. The molecule has 152 valence electrons. The van der Waals surface area contributed by atoms with Crippen LogP contribution < -0.4 is 14.8 Å². The quantitative estimate of drug-likeness (QED) is 0.525. The lowest BCUT2D eigenvalue weighted by molar-refractivity contribution is -0.122. The number of aromatic nitrogens is 3. The lowest BCUT2D eigenvalue weighted by Gasteiger charge is -2.15. The summed E-state index contributed by atoms with van der Waals surface area (Å²) in [6.45, 7) is 1.60. The molecule has 0 unspecified atom stereocenters. The Balaban J connectivity index is 1.43. The van der Waals surface area contributed by atoms with Gasteiger partial charge in [-0.25, -0.2) is 13.9 Å². The highest BCUT2D eigenvalue weighted by molar-refractivity contribution is 5.94. The normalized spacial score (nSPS) is 11.8. The standard InChI is InChI=1S/C22H19FN4O3/c1-14(30-18-5-3-4-16(23)12-18)22(28)24-17-8-6-15(7-9-17)19-13-27-20(25-19)10-11-21(26-27)29-2/h3-14H,1-2H3,(H,24,28)/t14-/m0/s1. The molecule has 30 heavy (non-hydrogen) atoms. The van der Waals surface area contributed by atoms with E-state index < -0.39 is 11.9 Å². The number of nitrogens with one attached hydrogen (secondary N) is 1. The molecule has 2 aromatic heterocycles. The van der Waals surface area contributed by atoms with Gasteiger partial charge in [-0.2, -0.15) is 0 Å². The van der Waals surface area contributed by atoms with Gasteiger partial charge in [0.05, 0.1) is 19.0 Å². The molecule has 1 amide bonds. The molecule has 0 fully saturated rings. The Hall–Kier alpha value is -3.94. The van der Waals surface area contributed by atoms with Crippen LogP contribution in [0.1, 0.15) is 6.92 Å². The Kier molecular flexibility index (Phi) is 5.30. The fraction of sp³-hybridized carbons (Fsp3) is 0.136. The third kappa shape index (κ3) is 4.22. The maximum atomic E-state index is 13.3. The van der Waals surface area contributed by atoms with Crippen molar-refractivity contribution < 1.29 is 18.7 Å². The van der Waals surface area contributed by atoms with Gasteiger partial charge in [0.1, 0.15) is 11.6 Å². The summed E-state index contributed by atoms with van der Waals surface area (Å²) >= 11 is 0. The first-order chi connectivity index (χ1) is 14.5. The summed E-state index contributed by atoms with van der Waals surface area (Å²) in [6, 6.07) is 16.5. The van der Waals surface area contributed by atoms with Crippen LogP contribution in [0.4, 0.5) is 10.1 Å². The van der Waals surface area contributed by atoms with E-state index in [-0.39, 0.29) is 5.91 Å². The Bertz CT molecular complexity index is 1190. The number of methoxy groups -OCH3 is 1.